The maximum atomic E-state index is 6.51. The second-order valence-electron chi connectivity index (χ2n) is 1.45. The summed E-state index contributed by atoms with van der Waals surface area (Å²) in [7, 11) is 0. The summed E-state index contributed by atoms with van der Waals surface area (Å²) in [5.41, 5.74) is 0. The molecule has 0 saturated heterocycles. The molecule has 0 bridgehead atoms. The Kier molecular flexibility index (Phi) is 1.35. The Balaban J connectivity index is 2.88. The summed E-state index contributed by atoms with van der Waals surface area (Å²) in [4.78, 5) is 0. The van der Waals surface area contributed by atoms with Gasteiger partial charge in [-0.15, -0.1) is 0 Å². The number of benzene rings is 1. The molecule has 1 nitrogen and oxygen atoms in total. The van der Waals surface area contributed by atoms with Gasteiger partial charge in [-0.25, -0.2) is 0 Å². The van der Waals surface area contributed by atoms with E-state index in [4.69, 9.17) is 1.43 Å². The third-order valence-electron chi connectivity index (χ3n) is 0.814. The number of halogens is 1. The predicted molar refractivity (Wildman–Crippen MR) is 40.8 cm³/mol. The van der Waals surface area contributed by atoms with Gasteiger partial charge in [-0.1, -0.05) is 0 Å². The molecule has 2 heteroatoms. The molecular weight excluding hydrogens is 215 g/mol. The minimum Gasteiger partial charge on any atom is -0.508 e. The fraction of sp³-hybridized carbons (Fsp3) is 0. The van der Waals surface area contributed by atoms with E-state index in [2.05, 4.69) is 27.7 Å². The summed E-state index contributed by atoms with van der Waals surface area (Å²) >= 11 is 2.20. The predicted octanol–water partition coefficient (Wildman–Crippen LogP) is 2.00. The molecule has 0 aliphatic heterocycles. The molecule has 0 aliphatic carbocycles. The van der Waals surface area contributed by atoms with Crippen LogP contribution in [0.1, 0.15) is 0 Å². The number of rotatable bonds is 1. The largest absolute Gasteiger partial charge is 0.508 e. The molecule has 0 heterocycles. The highest BCUT2D eigenvalue weighted by molar-refractivity contribution is 14.1. The normalized spacial score (nSPS) is 10.4. The number of hydrogen-bond acceptors (Lipinski definition) is 1. The lowest BCUT2D eigenvalue weighted by Gasteiger charge is -1.87. The van der Waals surface area contributed by atoms with Crippen molar-refractivity contribution in [3.8, 4) is 5.75 Å². The lowest BCUT2D eigenvalue weighted by molar-refractivity contribution is 0.475. The van der Waals surface area contributed by atoms with E-state index in [0.717, 1.165) is 3.57 Å². The Labute approximate surface area is 63.0 Å². The molecule has 1 aromatic rings. The zero-order chi connectivity index (χ0) is 6.69. The van der Waals surface area contributed by atoms with Gasteiger partial charge in [0.15, 0.2) is 0 Å². The van der Waals surface area contributed by atoms with Crippen molar-refractivity contribution in [2.45, 2.75) is 0 Å². The van der Waals surface area contributed by atoms with Crippen molar-refractivity contribution < 1.29 is 5.11 Å². The Bertz CT molecular complexity index is 185. The summed E-state index contributed by atoms with van der Waals surface area (Å²) in [6.07, 6.45) is 0. The average molecular weight is 221 g/mol. The van der Waals surface area contributed by atoms with E-state index in [-0.39, 0.29) is 0 Å². The van der Waals surface area contributed by atoms with Crippen LogP contribution in [0.15, 0.2) is 24.3 Å². The molecule has 0 saturated carbocycles. The first-order valence-electron chi connectivity index (χ1n) is 2.62. The molecule has 0 atom stereocenters. The Morgan fingerprint density at radius 2 is 2.00 bits per heavy atom. The fourth-order valence-corrected chi connectivity index (χ4v) is 0.794. The van der Waals surface area contributed by atoms with Gasteiger partial charge >= 0.3 is 0 Å². The monoisotopic (exact) mass is 221 g/mol. The number of phenolic OH excluding ortho intramolecular Hbond substituents is 1. The third kappa shape index (κ3) is 1.36. The van der Waals surface area contributed by atoms with E-state index < -0.39 is 0 Å². The van der Waals surface area contributed by atoms with E-state index in [1.807, 2.05) is 12.1 Å². The summed E-state index contributed by atoms with van der Waals surface area (Å²) in [5.74, 6) is 0.579. The molecular formula is C6H5IO. The highest BCUT2D eigenvalue weighted by Crippen LogP contribution is 2.10. The fourth-order valence-electron chi connectivity index (χ4n) is 0.435. The minimum atomic E-state index is 0.579. The van der Waals surface area contributed by atoms with Crippen LogP contribution in [0, 0.1) is 3.57 Å². The standard InChI is InChI=1S/C6H5IO/c7-5-1-3-6(8)4-2-5/h1-4,8H/i/hD. The van der Waals surface area contributed by atoms with Crippen molar-refractivity contribution in [2.75, 3.05) is 0 Å². The molecule has 42 valence electrons. The van der Waals surface area contributed by atoms with Gasteiger partial charge in [0.25, 0.3) is 1.43 Å². The van der Waals surface area contributed by atoms with Crippen LogP contribution in [-0.4, -0.2) is 6.54 Å². The lowest BCUT2D eigenvalue weighted by Crippen LogP contribution is -1.65. The van der Waals surface area contributed by atoms with Gasteiger partial charge in [0.05, 0.1) is 0 Å². The summed E-state index contributed by atoms with van der Waals surface area (Å²) in [6, 6.07) is 7.30. The maximum absolute atomic E-state index is 6.51. The zero-order valence-electron chi connectivity index (χ0n) is 5.10. The van der Waals surface area contributed by atoms with E-state index in [9.17, 15) is 0 Å². The maximum Gasteiger partial charge on any atom is 0.293 e. The van der Waals surface area contributed by atoms with Crippen LogP contribution in [0.3, 0.4) is 0 Å². The molecule has 0 amide bonds. The van der Waals surface area contributed by atoms with Gasteiger partial charge in [-0.2, -0.15) is 0 Å². The van der Waals surface area contributed by atoms with Crippen molar-refractivity contribution in [1.29, 1.82) is 1.43 Å². The van der Waals surface area contributed by atoms with Gasteiger partial charge in [0, 0.05) is 3.57 Å². The first kappa shape index (κ1) is 4.61. The second kappa shape index (κ2) is 2.35. The first-order valence-corrected chi connectivity index (χ1v) is 3.29. The van der Waals surface area contributed by atoms with Crippen LogP contribution in [0.4, 0.5) is 0 Å². The molecule has 1 N–H and O–H groups in total. The summed E-state index contributed by atoms with van der Waals surface area (Å²) < 4.78 is 7.66. The molecule has 0 aromatic heterocycles. The molecule has 1 rings (SSSR count). The first-order chi connectivity index (χ1) is 4.33. The highest BCUT2D eigenvalue weighted by Gasteiger charge is 1.83. The van der Waals surface area contributed by atoms with Crippen LogP contribution in [0.25, 0.3) is 0 Å². The van der Waals surface area contributed by atoms with Gasteiger partial charge in [0.2, 0.25) is 0 Å². The molecule has 1 aromatic carbocycles. The Morgan fingerprint density at radius 3 is 2.50 bits per heavy atom. The summed E-state index contributed by atoms with van der Waals surface area (Å²) in [6.45, 7) is 0. The smallest absolute Gasteiger partial charge is 0.293 e. The van der Waals surface area contributed by atoms with Crippen LogP contribution >= 0.6 is 22.6 Å². The zero-order valence-corrected chi connectivity index (χ0v) is 6.25. The highest BCUT2D eigenvalue weighted by atomic mass is 127. The molecule has 8 heavy (non-hydrogen) atoms. The van der Waals surface area contributed by atoms with Gasteiger partial charge in [-0.05, 0) is 46.9 Å². The van der Waals surface area contributed by atoms with Gasteiger partial charge in [-0.3, -0.25) is 0 Å². The molecule has 0 radical (unpaired) electrons. The van der Waals surface area contributed by atoms with Crippen LogP contribution in [0.5, 0.6) is 5.75 Å². The third-order valence-corrected chi connectivity index (χ3v) is 1.53. The number of aromatic hydroxyl groups is 1. The van der Waals surface area contributed by atoms with Crippen molar-refractivity contribution in [3.05, 3.63) is 27.8 Å². The molecule has 0 fully saturated rings. The van der Waals surface area contributed by atoms with Crippen LogP contribution < -0.4 is 0 Å². The van der Waals surface area contributed by atoms with Crippen LogP contribution in [-0.2, 0) is 0 Å². The number of hydrogen-bond donors (Lipinski definition) is 1. The molecule has 0 spiro atoms. The SMILES string of the molecule is [2H]Oc1ccc(I)cc1. The van der Waals surface area contributed by atoms with Crippen molar-refractivity contribution in [2.24, 2.45) is 0 Å². The van der Waals surface area contributed by atoms with E-state index >= 15 is 0 Å². The lowest BCUT2D eigenvalue weighted by atomic mass is 10.3. The quantitative estimate of drug-likeness (QED) is 0.719. The van der Waals surface area contributed by atoms with E-state index in [1.54, 1.807) is 12.1 Å². The van der Waals surface area contributed by atoms with Crippen LogP contribution in [0.2, 0.25) is 0 Å². The van der Waals surface area contributed by atoms with Crippen molar-refractivity contribution >= 4 is 22.6 Å². The molecule has 0 aliphatic rings. The Morgan fingerprint density at radius 1 is 1.38 bits per heavy atom. The topological polar surface area (TPSA) is 20.2 Å². The second-order valence-corrected chi connectivity index (χ2v) is 2.70. The van der Waals surface area contributed by atoms with E-state index in [1.165, 1.54) is 0 Å². The number of phenols is 1. The van der Waals surface area contributed by atoms with Gasteiger partial charge < -0.3 is 5.11 Å². The van der Waals surface area contributed by atoms with Crippen molar-refractivity contribution in [3.63, 3.8) is 0 Å². The average Bonchev–Trinajstić information content (AvgIpc) is 1.90. The van der Waals surface area contributed by atoms with Crippen molar-refractivity contribution in [1.82, 2.24) is 0 Å². The summed E-state index contributed by atoms with van der Waals surface area (Å²) in [5, 5.41) is 4.22. The van der Waals surface area contributed by atoms with E-state index in [0.29, 0.717) is 5.75 Å². The van der Waals surface area contributed by atoms with Gasteiger partial charge in [0.1, 0.15) is 5.75 Å². The minimum absolute atomic E-state index is 0.579. The molecule has 0 unspecified atom stereocenters. The Hall–Kier alpha value is -0.250.